The zero-order valence-electron chi connectivity index (χ0n) is 13.5. The van der Waals surface area contributed by atoms with Gasteiger partial charge < -0.3 is 10.0 Å². The van der Waals surface area contributed by atoms with Gasteiger partial charge in [-0.05, 0) is 55.0 Å². The number of nitrogens with zero attached hydrogens (tertiary/aromatic N) is 3. The maximum absolute atomic E-state index is 10.0. The SMILES string of the molecule is N#C/C(=C\c1ccc(N2CCCCC2)cc1)SNCC(O)CN=O. The van der Waals surface area contributed by atoms with E-state index in [1.54, 1.807) is 6.08 Å². The Labute approximate surface area is 146 Å². The minimum absolute atomic E-state index is 0.156. The maximum atomic E-state index is 10.0. The number of anilines is 1. The first-order valence-corrected chi connectivity index (χ1v) is 8.88. The lowest BCUT2D eigenvalue weighted by Gasteiger charge is -2.28. The molecule has 0 saturated carbocycles. The van der Waals surface area contributed by atoms with Crippen molar-refractivity contribution < 1.29 is 5.11 Å². The van der Waals surface area contributed by atoms with Crippen LogP contribution in [0.25, 0.3) is 6.08 Å². The van der Waals surface area contributed by atoms with Gasteiger partial charge in [0.05, 0.1) is 6.10 Å². The van der Waals surface area contributed by atoms with Crippen molar-refractivity contribution in [3.05, 3.63) is 39.6 Å². The molecule has 0 spiro atoms. The molecule has 128 valence electrons. The number of aliphatic hydroxyl groups is 1. The zero-order valence-corrected chi connectivity index (χ0v) is 14.3. The van der Waals surface area contributed by atoms with Crippen LogP contribution in [0, 0.1) is 16.2 Å². The number of hydrogen-bond donors (Lipinski definition) is 2. The Morgan fingerprint density at radius 1 is 1.38 bits per heavy atom. The molecule has 1 fully saturated rings. The van der Waals surface area contributed by atoms with Gasteiger partial charge in [-0.2, -0.15) is 10.2 Å². The molecule has 0 radical (unpaired) electrons. The van der Waals surface area contributed by atoms with E-state index in [2.05, 4.69) is 33.0 Å². The molecule has 1 heterocycles. The molecule has 1 unspecified atom stereocenters. The van der Waals surface area contributed by atoms with Crippen LogP contribution < -0.4 is 9.62 Å². The van der Waals surface area contributed by atoms with Crippen molar-refractivity contribution >= 4 is 23.7 Å². The topological polar surface area (TPSA) is 88.7 Å². The Morgan fingerprint density at radius 3 is 2.71 bits per heavy atom. The van der Waals surface area contributed by atoms with Crippen LogP contribution in [0.2, 0.25) is 0 Å². The first-order chi connectivity index (χ1) is 11.7. The van der Waals surface area contributed by atoms with Crippen molar-refractivity contribution in [3.63, 3.8) is 0 Å². The van der Waals surface area contributed by atoms with Crippen molar-refractivity contribution in [3.8, 4) is 6.07 Å². The van der Waals surface area contributed by atoms with Gasteiger partial charge in [0.2, 0.25) is 0 Å². The number of benzene rings is 1. The molecule has 1 aliphatic heterocycles. The van der Waals surface area contributed by atoms with Crippen LogP contribution in [-0.2, 0) is 0 Å². The molecule has 0 amide bonds. The van der Waals surface area contributed by atoms with Crippen molar-refractivity contribution in [1.82, 2.24) is 4.72 Å². The second kappa shape index (κ2) is 10.1. The summed E-state index contributed by atoms with van der Waals surface area (Å²) in [6.07, 6.45) is 4.76. The number of nitroso groups, excluding NO2 is 1. The molecule has 1 saturated heterocycles. The Bertz CT molecular complexity index is 592. The van der Waals surface area contributed by atoms with E-state index in [4.69, 9.17) is 0 Å². The van der Waals surface area contributed by atoms with Crippen LogP contribution in [-0.4, -0.2) is 37.4 Å². The smallest absolute Gasteiger partial charge is 0.108 e. The number of rotatable bonds is 8. The van der Waals surface area contributed by atoms with Crippen LogP contribution in [0.4, 0.5) is 5.69 Å². The number of allylic oxidation sites excluding steroid dienone is 1. The Balaban J connectivity index is 1.90. The number of nitrogens with one attached hydrogen (secondary N) is 1. The van der Waals surface area contributed by atoms with Crippen molar-refractivity contribution in [2.24, 2.45) is 5.18 Å². The predicted molar refractivity (Wildman–Crippen MR) is 98.4 cm³/mol. The standard InChI is InChI=1S/C17H22N4O2S/c18-11-17(24-20-13-16(22)12-19-23)10-14-4-6-15(7-5-14)21-8-2-1-3-9-21/h4-7,10,16,20,22H,1-3,8-9,12-13H2/b17-10+. The minimum atomic E-state index is -0.834. The first kappa shape index (κ1) is 18.5. The van der Waals surface area contributed by atoms with E-state index in [1.807, 2.05) is 12.1 Å². The van der Waals surface area contributed by atoms with Crippen LogP contribution >= 0.6 is 11.9 Å². The monoisotopic (exact) mass is 346 g/mol. The summed E-state index contributed by atoms with van der Waals surface area (Å²) in [5.41, 5.74) is 2.18. The van der Waals surface area contributed by atoms with Crippen LogP contribution in [0.3, 0.4) is 0 Å². The van der Waals surface area contributed by atoms with Gasteiger partial charge in [0.25, 0.3) is 0 Å². The van der Waals surface area contributed by atoms with Gasteiger partial charge in [-0.1, -0.05) is 17.3 Å². The third-order valence-corrected chi connectivity index (χ3v) is 4.55. The summed E-state index contributed by atoms with van der Waals surface area (Å²) < 4.78 is 2.87. The molecular formula is C17H22N4O2S. The summed E-state index contributed by atoms with van der Waals surface area (Å²) in [5.74, 6) is 0. The van der Waals surface area contributed by atoms with Gasteiger partial charge in [-0.25, -0.2) is 0 Å². The summed E-state index contributed by atoms with van der Waals surface area (Å²) in [7, 11) is 0. The molecule has 1 aromatic carbocycles. The fourth-order valence-corrected chi connectivity index (χ4v) is 3.21. The van der Waals surface area contributed by atoms with E-state index in [1.165, 1.54) is 24.9 Å². The summed E-state index contributed by atoms with van der Waals surface area (Å²) in [5, 5.41) is 21.2. The Hall–Kier alpha value is -1.88. The highest BCUT2D eigenvalue weighted by atomic mass is 32.2. The Morgan fingerprint density at radius 2 is 2.08 bits per heavy atom. The number of aliphatic hydroxyl groups excluding tert-OH is 1. The molecule has 1 aliphatic rings. The molecule has 0 aliphatic carbocycles. The second-order valence-electron chi connectivity index (χ2n) is 5.68. The lowest BCUT2D eigenvalue weighted by molar-refractivity contribution is 0.188. The van der Waals surface area contributed by atoms with Crippen molar-refractivity contribution in [2.75, 3.05) is 31.1 Å². The number of piperidine rings is 1. The van der Waals surface area contributed by atoms with Crippen LogP contribution in [0.5, 0.6) is 0 Å². The highest BCUT2D eigenvalue weighted by Gasteiger charge is 2.10. The molecule has 6 nitrogen and oxygen atoms in total. The van der Waals surface area contributed by atoms with Crippen molar-refractivity contribution in [1.29, 1.82) is 5.26 Å². The summed E-state index contributed by atoms with van der Waals surface area (Å²) in [6.45, 7) is 2.26. The maximum Gasteiger partial charge on any atom is 0.108 e. The third-order valence-electron chi connectivity index (χ3n) is 3.81. The minimum Gasteiger partial charge on any atom is -0.390 e. The first-order valence-electron chi connectivity index (χ1n) is 8.06. The average Bonchev–Trinajstić information content (AvgIpc) is 2.62. The number of nitriles is 1. The molecule has 1 aromatic rings. The van der Waals surface area contributed by atoms with E-state index < -0.39 is 6.10 Å². The summed E-state index contributed by atoms with van der Waals surface area (Å²) in [6, 6.07) is 10.3. The van der Waals surface area contributed by atoms with Gasteiger partial charge in [-0.15, -0.1) is 0 Å². The molecule has 2 rings (SSSR count). The lowest BCUT2D eigenvalue weighted by Crippen LogP contribution is -2.29. The molecule has 0 aromatic heterocycles. The molecule has 7 heteroatoms. The fraction of sp³-hybridized carbons (Fsp3) is 0.471. The molecule has 24 heavy (non-hydrogen) atoms. The van der Waals surface area contributed by atoms with E-state index in [0.717, 1.165) is 30.6 Å². The quantitative estimate of drug-likeness (QED) is 0.427. The van der Waals surface area contributed by atoms with Gasteiger partial charge >= 0.3 is 0 Å². The van der Waals surface area contributed by atoms with E-state index in [0.29, 0.717) is 4.91 Å². The largest absolute Gasteiger partial charge is 0.390 e. The number of hydrogen-bond acceptors (Lipinski definition) is 7. The van der Waals surface area contributed by atoms with Gasteiger partial charge in [0.15, 0.2) is 0 Å². The predicted octanol–water partition coefficient (Wildman–Crippen LogP) is 2.91. The van der Waals surface area contributed by atoms with E-state index >= 15 is 0 Å². The fourth-order valence-electron chi connectivity index (χ4n) is 2.54. The van der Waals surface area contributed by atoms with Gasteiger partial charge in [0, 0.05) is 25.3 Å². The highest BCUT2D eigenvalue weighted by Crippen LogP contribution is 2.22. The van der Waals surface area contributed by atoms with Crippen molar-refractivity contribution in [2.45, 2.75) is 25.4 Å². The molecule has 2 N–H and O–H groups in total. The average molecular weight is 346 g/mol. The molecule has 1 atom stereocenters. The zero-order chi connectivity index (χ0) is 17.2. The second-order valence-corrected chi connectivity index (χ2v) is 6.61. The van der Waals surface area contributed by atoms with Gasteiger partial charge in [0.1, 0.15) is 17.5 Å². The molecular weight excluding hydrogens is 324 g/mol. The Kier molecular flexibility index (Phi) is 7.75. The van der Waals surface area contributed by atoms with Gasteiger partial charge in [-0.3, -0.25) is 4.72 Å². The van der Waals surface area contributed by atoms with E-state index in [-0.39, 0.29) is 13.1 Å². The van der Waals surface area contributed by atoms with Crippen LogP contribution in [0.15, 0.2) is 34.3 Å². The van der Waals surface area contributed by atoms with E-state index in [9.17, 15) is 15.3 Å². The third kappa shape index (κ3) is 5.96. The highest BCUT2D eigenvalue weighted by molar-refractivity contribution is 8.01. The normalized spacial score (nSPS) is 16.5. The molecule has 0 bridgehead atoms. The van der Waals surface area contributed by atoms with Crippen LogP contribution in [0.1, 0.15) is 24.8 Å². The summed E-state index contributed by atoms with van der Waals surface area (Å²) in [4.78, 5) is 12.9. The lowest BCUT2D eigenvalue weighted by atomic mass is 10.1. The summed E-state index contributed by atoms with van der Waals surface area (Å²) >= 11 is 1.14.